The Morgan fingerprint density at radius 3 is 2.35 bits per heavy atom. The Bertz CT molecular complexity index is 1080. The maximum atomic E-state index is 14.0. The normalized spacial score (nSPS) is 14.5. The molecule has 6 heteroatoms. The Morgan fingerprint density at radius 2 is 1.68 bits per heavy atom. The van der Waals surface area contributed by atoms with Crippen LogP contribution in [0.25, 0.3) is 22.2 Å². The highest BCUT2D eigenvalue weighted by Crippen LogP contribution is 2.32. The van der Waals surface area contributed by atoms with Crippen LogP contribution < -0.4 is 0 Å². The van der Waals surface area contributed by atoms with E-state index in [0.717, 1.165) is 27.7 Å². The molecule has 1 aliphatic heterocycles. The van der Waals surface area contributed by atoms with Gasteiger partial charge in [-0.3, -0.25) is 9.59 Å². The van der Waals surface area contributed by atoms with Gasteiger partial charge in [0, 0.05) is 55.1 Å². The smallest absolute Gasteiger partial charge is 0.225 e. The molecule has 1 saturated heterocycles. The molecule has 31 heavy (non-hydrogen) atoms. The lowest BCUT2D eigenvalue weighted by Crippen LogP contribution is -2.51. The van der Waals surface area contributed by atoms with Crippen molar-refractivity contribution >= 4 is 22.7 Å². The SMILES string of the molecule is CC(C)C(=O)N1CCN(C(=O)CCc2c(-c3ccccc3)[nH]c3ccc(F)cc23)CC1. The van der Waals surface area contributed by atoms with Gasteiger partial charge in [0.2, 0.25) is 11.8 Å². The molecule has 1 aromatic heterocycles. The zero-order valence-corrected chi connectivity index (χ0v) is 18.0. The Kier molecular flexibility index (Phi) is 6.07. The second-order valence-electron chi connectivity index (χ2n) is 8.40. The summed E-state index contributed by atoms with van der Waals surface area (Å²) in [5.41, 5.74) is 3.77. The van der Waals surface area contributed by atoms with Crippen LogP contribution in [0.2, 0.25) is 0 Å². The average molecular weight is 422 g/mol. The summed E-state index contributed by atoms with van der Waals surface area (Å²) in [5.74, 6) is -0.104. The van der Waals surface area contributed by atoms with Crippen LogP contribution in [0, 0.1) is 11.7 Å². The van der Waals surface area contributed by atoms with Crippen molar-refractivity contribution in [2.24, 2.45) is 5.92 Å². The Hall–Kier alpha value is -3.15. The van der Waals surface area contributed by atoms with Crippen molar-refractivity contribution in [1.29, 1.82) is 0 Å². The van der Waals surface area contributed by atoms with E-state index in [1.165, 1.54) is 12.1 Å². The number of amides is 2. The molecule has 2 amide bonds. The zero-order valence-electron chi connectivity index (χ0n) is 18.0. The summed E-state index contributed by atoms with van der Waals surface area (Å²) in [4.78, 5) is 32.1. The summed E-state index contributed by atoms with van der Waals surface area (Å²) in [6.45, 7) is 6.08. The number of benzene rings is 2. The number of carbonyl (C=O) groups excluding carboxylic acids is 2. The number of hydrogen-bond acceptors (Lipinski definition) is 2. The highest BCUT2D eigenvalue weighted by Gasteiger charge is 2.25. The van der Waals surface area contributed by atoms with Crippen molar-refractivity contribution < 1.29 is 14.0 Å². The second kappa shape index (κ2) is 8.92. The first-order valence-electron chi connectivity index (χ1n) is 10.9. The summed E-state index contributed by atoms with van der Waals surface area (Å²) in [5, 5.41) is 0.819. The van der Waals surface area contributed by atoms with Crippen LogP contribution in [-0.4, -0.2) is 52.8 Å². The number of piperazine rings is 1. The molecule has 0 unspecified atom stereocenters. The first-order valence-corrected chi connectivity index (χ1v) is 10.9. The quantitative estimate of drug-likeness (QED) is 0.670. The van der Waals surface area contributed by atoms with E-state index in [1.807, 2.05) is 54.0 Å². The van der Waals surface area contributed by atoms with Crippen molar-refractivity contribution in [3.05, 3.63) is 59.9 Å². The standard InChI is InChI=1S/C25H28FN3O2/c1-17(2)25(31)29-14-12-28(13-15-29)23(30)11-9-20-21-16-19(26)8-10-22(21)27-24(20)18-6-4-3-5-7-18/h3-8,10,16-17,27H,9,11-15H2,1-2H3. The molecule has 0 atom stereocenters. The highest BCUT2D eigenvalue weighted by molar-refractivity contribution is 5.91. The van der Waals surface area contributed by atoms with E-state index in [9.17, 15) is 14.0 Å². The number of hydrogen-bond donors (Lipinski definition) is 1. The van der Waals surface area contributed by atoms with E-state index in [4.69, 9.17) is 0 Å². The van der Waals surface area contributed by atoms with Crippen molar-refractivity contribution in [3.8, 4) is 11.3 Å². The summed E-state index contributed by atoms with van der Waals surface area (Å²) >= 11 is 0. The third-order valence-electron chi connectivity index (χ3n) is 5.96. The van der Waals surface area contributed by atoms with Gasteiger partial charge >= 0.3 is 0 Å². The van der Waals surface area contributed by atoms with Crippen LogP contribution in [0.5, 0.6) is 0 Å². The maximum Gasteiger partial charge on any atom is 0.225 e. The van der Waals surface area contributed by atoms with Crippen molar-refractivity contribution in [2.45, 2.75) is 26.7 Å². The first-order chi connectivity index (χ1) is 14.9. The van der Waals surface area contributed by atoms with Gasteiger partial charge in [-0.05, 0) is 35.7 Å². The molecule has 162 valence electrons. The molecule has 0 spiro atoms. The molecule has 1 N–H and O–H groups in total. The van der Waals surface area contributed by atoms with Crippen LogP contribution in [0.15, 0.2) is 48.5 Å². The maximum absolute atomic E-state index is 14.0. The van der Waals surface area contributed by atoms with Crippen LogP contribution in [0.4, 0.5) is 4.39 Å². The van der Waals surface area contributed by atoms with Gasteiger partial charge in [0.05, 0.1) is 0 Å². The molecule has 4 rings (SSSR count). The minimum atomic E-state index is -0.287. The van der Waals surface area contributed by atoms with E-state index in [-0.39, 0.29) is 23.5 Å². The molecule has 5 nitrogen and oxygen atoms in total. The number of nitrogens with one attached hydrogen (secondary N) is 1. The molecule has 3 aromatic rings. The molecule has 0 aliphatic carbocycles. The molecular formula is C25H28FN3O2. The number of aryl methyl sites for hydroxylation is 1. The summed E-state index contributed by atoms with van der Waals surface area (Å²) in [6.07, 6.45) is 0.874. The summed E-state index contributed by atoms with van der Waals surface area (Å²) < 4.78 is 14.0. The molecule has 0 radical (unpaired) electrons. The Labute approximate surface area is 181 Å². The predicted molar refractivity (Wildman–Crippen MR) is 120 cm³/mol. The number of carbonyl (C=O) groups is 2. The number of rotatable bonds is 5. The van der Waals surface area contributed by atoms with E-state index in [0.29, 0.717) is 39.0 Å². The van der Waals surface area contributed by atoms with Crippen LogP contribution in [0.3, 0.4) is 0 Å². The third kappa shape index (κ3) is 4.48. The average Bonchev–Trinajstić information content (AvgIpc) is 3.15. The summed E-state index contributed by atoms with van der Waals surface area (Å²) in [7, 11) is 0. The number of aromatic nitrogens is 1. The Morgan fingerprint density at radius 1 is 1.00 bits per heavy atom. The third-order valence-corrected chi connectivity index (χ3v) is 5.96. The minimum absolute atomic E-state index is 0.0269. The number of aromatic amines is 1. The van der Waals surface area contributed by atoms with Crippen molar-refractivity contribution in [1.82, 2.24) is 14.8 Å². The lowest BCUT2D eigenvalue weighted by molar-refractivity contribution is -0.141. The molecular weight excluding hydrogens is 393 g/mol. The van der Waals surface area contributed by atoms with Gasteiger partial charge in [0.25, 0.3) is 0 Å². The van der Waals surface area contributed by atoms with E-state index in [1.54, 1.807) is 6.07 Å². The number of nitrogens with zero attached hydrogens (tertiary/aromatic N) is 2. The fraction of sp³-hybridized carbons (Fsp3) is 0.360. The van der Waals surface area contributed by atoms with E-state index < -0.39 is 0 Å². The molecule has 1 fully saturated rings. The predicted octanol–water partition coefficient (Wildman–Crippen LogP) is 4.23. The molecule has 0 bridgehead atoms. The van der Waals surface area contributed by atoms with Gasteiger partial charge in [-0.15, -0.1) is 0 Å². The molecule has 0 saturated carbocycles. The molecule has 1 aliphatic rings. The largest absolute Gasteiger partial charge is 0.354 e. The number of fused-ring (bicyclic) bond motifs is 1. The first kappa shape index (κ1) is 21.1. The van der Waals surface area contributed by atoms with Crippen LogP contribution in [-0.2, 0) is 16.0 Å². The minimum Gasteiger partial charge on any atom is -0.354 e. The van der Waals surface area contributed by atoms with Gasteiger partial charge in [0.15, 0.2) is 0 Å². The Balaban J connectivity index is 1.49. The van der Waals surface area contributed by atoms with Gasteiger partial charge in [0.1, 0.15) is 5.82 Å². The summed E-state index contributed by atoms with van der Waals surface area (Å²) in [6, 6.07) is 14.6. The van der Waals surface area contributed by atoms with Gasteiger partial charge in [-0.2, -0.15) is 0 Å². The lowest BCUT2D eigenvalue weighted by atomic mass is 10.0. The van der Waals surface area contributed by atoms with E-state index in [2.05, 4.69) is 4.98 Å². The highest BCUT2D eigenvalue weighted by atomic mass is 19.1. The van der Waals surface area contributed by atoms with Gasteiger partial charge in [-0.1, -0.05) is 44.2 Å². The second-order valence-corrected chi connectivity index (χ2v) is 8.40. The number of halogens is 1. The molecule has 2 aromatic carbocycles. The van der Waals surface area contributed by atoms with Gasteiger partial charge in [-0.25, -0.2) is 4.39 Å². The van der Waals surface area contributed by atoms with Gasteiger partial charge < -0.3 is 14.8 Å². The van der Waals surface area contributed by atoms with Crippen LogP contribution >= 0.6 is 0 Å². The number of H-pyrrole nitrogens is 1. The zero-order chi connectivity index (χ0) is 22.0. The molecule has 2 heterocycles. The van der Waals surface area contributed by atoms with Crippen molar-refractivity contribution in [2.75, 3.05) is 26.2 Å². The van der Waals surface area contributed by atoms with E-state index >= 15 is 0 Å². The monoisotopic (exact) mass is 421 g/mol. The lowest BCUT2D eigenvalue weighted by Gasteiger charge is -2.35. The topological polar surface area (TPSA) is 56.4 Å². The van der Waals surface area contributed by atoms with Crippen LogP contribution in [0.1, 0.15) is 25.8 Å². The van der Waals surface area contributed by atoms with Crippen molar-refractivity contribution in [3.63, 3.8) is 0 Å². The fourth-order valence-corrected chi connectivity index (χ4v) is 4.26. The fourth-order valence-electron chi connectivity index (χ4n) is 4.26.